The van der Waals surface area contributed by atoms with Crippen molar-refractivity contribution in [3.8, 4) is 6.07 Å². The van der Waals surface area contributed by atoms with Gasteiger partial charge in [-0.2, -0.15) is 5.26 Å². The van der Waals surface area contributed by atoms with Crippen molar-refractivity contribution in [2.24, 2.45) is 5.92 Å². The summed E-state index contributed by atoms with van der Waals surface area (Å²) in [6, 6.07) is 10.2. The van der Waals surface area contributed by atoms with E-state index in [1.165, 1.54) is 0 Å². The fraction of sp³-hybridized carbons (Fsp3) is 0.364. The number of amides is 1. The van der Waals surface area contributed by atoms with Crippen LogP contribution in [0.25, 0.3) is 0 Å². The lowest BCUT2D eigenvalue weighted by Crippen LogP contribution is -2.45. The molecule has 0 radical (unpaired) electrons. The molecule has 1 unspecified atom stereocenters. The second-order valence-corrected chi connectivity index (χ2v) is 8.09. The number of carbonyl (C=O) groups is 3. The molecule has 1 atom stereocenters. The Morgan fingerprint density at radius 2 is 1.87 bits per heavy atom. The molecular formula is C22H25N3O5S. The van der Waals surface area contributed by atoms with E-state index in [2.05, 4.69) is 5.32 Å². The van der Waals surface area contributed by atoms with Gasteiger partial charge in [0.25, 0.3) is 0 Å². The summed E-state index contributed by atoms with van der Waals surface area (Å²) < 4.78 is 10.4. The Morgan fingerprint density at radius 3 is 2.45 bits per heavy atom. The van der Waals surface area contributed by atoms with E-state index in [0.717, 1.165) is 16.9 Å². The molecule has 8 nitrogen and oxygen atoms in total. The Bertz CT molecular complexity index is 979. The molecular weight excluding hydrogens is 418 g/mol. The van der Waals surface area contributed by atoms with Crippen LogP contribution in [0.15, 0.2) is 30.3 Å². The number of hydrogen-bond donors (Lipinski definition) is 2. The predicted molar refractivity (Wildman–Crippen MR) is 116 cm³/mol. The van der Waals surface area contributed by atoms with Crippen molar-refractivity contribution in [2.75, 3.05) is 12.3 Å². The molecule has 0 saturated carbocycles. The molecule has 1 aromatic carbocycles. The number of benzene rings is 1. The molecule has 0 aliphatic rings. The first kappa shape index (κ1) is 23.9. The van der Waals surface area contributed by atoms with Crippen molar-refractivity contribution < 1.29 is 23.9 Å². The lowest BCUT2D eigenvalue weighted by atomic mass is 10.0. The molecule has 1 aromatic heterocycles. The van der Waals surface area contributed by atoms with Gasteiger partial charge in [-0.25, -0.2) is 9.59 Å². The van der Waals surface area contributed by atoms with Crippen LogP contribution in [0.3, 0.4) is 0 Å². The maximum Gasteiger partial charge on any atom is 0.348 e. The molecule has 0 bridgehead atoms. The first-order chi connectivity index (χ1) is 14.8. The Kier molecular flexibility index (Phi) is 8.58. The van der Waals surface area contributed by atoms with Gasteiger partial charge in [0.05, 0.1) is 18.6 Å². The van der Waals surface area contributed by atoms with Crippen molar-refractivity contribution in [1.82, 2.24) is 5.32 Å². The zero-order valence-electron chi connectivity index (χ0n) is 17.6. The van der Waals surface area contributed by atoms with Gasteiger partial charge < -0.3 is 20.5 Å². The molecule has 31 heavy (non-hydrogen) atoms. The van der Waals surface area contributed by atoms with E-state index >= 15 is 0 Å². The lowest BCUT2D eigenvalue weighted by molar-refractivity contribution is -0.150. The van der Waals surface area contributed by atoms with E-state index in [0.29, 0.717) is 0 Å². The van der Waals surface area contributed by atoms with E-state index in [1.807, 2.05) is 36.4 Å². The minimum absolute atomic E-state index is 0.0788. The summed E-state index contributed by atoms with van der Waals surface area (Å²) in [7, 11) is 0. The van der Waals surface area contributed by atoms with Gasteiger partial charge >= 0.3 is 11.9 Å². The van der Waals surface area contributed by atoms with Gasteiger partial charge in [-0.3, -0.25) is 4.79 Å². The van der Waals surface area contributed by atoms with Gasteiger partial charge in [-0.05, 0) is 18.4 Å². The fourth-order valence-corrected chi connectivity index (χ4v) is 3.76. The van der Waals surface area contributed by atoms with Crippen LogP contribution in [0.2, 0.25) is 0 Å². The second-order valence-electron chi connectivity index (χ2n) is 7.04. The number of anilines is 1. The number of nitrogens with two attached hydrogens (primary N) is 1. The van der Waals surface area contributed by atoms with E-state index in [9.17, 15) is 19.6 Å². The number of carbonyl (C=O) groups excluding carboxylic acids is 3. The first-order valence-electron chi connectivity index (χ1n) is 9.76. The van der Waals surface area contributed by atoms with E-state index in [1.54, 1.807) is 20.8 Å². The van der Waals surface area contributed by atoms with E-state index in [-0.39, 0.29) is 52.5 Å². The Hall–Kier alpha value is -3.38. The number of hydrogen-bond acceptors (Lipinski definition) is 8. The van der Waals surface area contributed by atoms with Gasteiger partial charge in [0, 0.05) is 5.56 Å². The van der Waals surface area contributed by atoms with Crippen LogP contribution in [0, 0.1) is 17.2 Å². The molecule has 164 valence electrons. The molecule has 0 aliphatic heterocycles. The number of rotatable bonds is 9. The molecule has 9 heteroatoms. The van der Waals surface area contributed by atoms with Crippen LogP contribution in [0.1, 0.15) is 47.1 Å². The summed E-state index contributed by atoms with van der Waals surface area (Å²) in [4.78, 5) is 37.4. The topological polar surface area (TPSA) is 132 Å². The summed E-state index contributed by atoms with van der Waals surface area (Å²) in [5.74, 6) is -1.85. The number of nitrogens with one attached hydrogen (secondary N) is 1. The average Bonchev–Trinajstić information content (AvgIpc) is 3.06. The average molecular weight is 444 g/mol. The minimum atomic E-state index is -0.885. The van der Waals surface area contributed by atoms with Gasteiger partial charge in [0.1, 0.15) is 28.6 Å². The quantitative estimate of drug-likeness (QED) is 0.570. The summed E-state index contributed by atoms with van der Waals surface area (Å²) in [6.45, 7) is 5.04. The third-order valence-electron chi connectivity index (χ3n) is 4.41. The number of nitriles is 1. The van der Waals surface area contributed by atoms with Crippen molar-refractivity contribution in [3.63, 3.8) is 0 Å². The summed E-state index contributed by atoms with van der Waals surface area (Å²) in [5.41, 5.74) is 6.94. The second kappa shape index (κ2) is 11.1. The van der Waals surface area contributed by atoms with Crippen molar-refractivity contribution in [2.45, 2.75) is 39.8 Å². The number of nitrogens with zero attached hydrogens (tertiary/aromatic N) is 1. The van der Waals surface area contributed by atoms with Crippen LogP contribution in [-0.2, 0) is 32.1 Å². The lowest BCUT2D eigenvalue weighted by Gasteiger charge is -2.21. The molecule has 0 fully saturated rings. The molecule has 2 aromatic rings. The minimum Gasteiger partial charge on any atom is -0.462 e. The molecule has 1 amide bonds. The summed E-state index contributed by atoms with van der Waals surface area (Å²) in [5, 5.41) is 12.2. The zero-order valence-corrected chi connectivity index (χ0v) is 18.5. The number of nitrogen functional groups attached to an aromatic ring is 1. The van der Waals surface area contributed by atoms with Gasteiger partial charge in [0.2, 0.25) is 5.91 Å². The Morgan fingerprint density at radius 1 is 1.19 bits per heavy atom. The molecule has 3 N–H and O–H groups in total. The smallest absolute Gasteiger partial charge is 0.348 e. The summed E-state index contributed by atoms with van der Waals surface area (Å²) in [6.07, 6.45) is 0.129. The first-order valence-corrected chi connectivity index (χ1v) is 10.6. The van der Waals surface area contributed by atoms with Crippen molar-refractivity contribution in [1.29, 1.82) is 5.26 Å². The van der Waals surface area contributed by atoms with Gasteiger partial charge in [-0.15, -0.1) is 11.3 Å². The third kappa shape index (κ3) is 6.30. The number of esters is 2. The normalized spacial score (nSPS) is 11.5. The molecule has 0 spiro atoms. The molecule has 0 aliphatic carbocycles. The fourth-order valence-electron chi connectivity index (χ4n) is 2.84. The third-order valence-corrected chi connectivity index (χ3v) is 5.45. The van der Waals surface area contributed by atoms with Gasteiger partial charge in [0.15, 0.2) is 0 Å². The largest absolute Gasteiger partial charge is 0.462 e. The monoisotopic (exact) mass is 443 g/mol. The SMILES string of the molecule is CCOC(=O)c1sc(N)c(C#N)c1COC(=O)C(NC(=O)Cc1ccccc1)C(C)C. The predicted octanol–water partition coefficient (Wildman–Crippen LogP) is 2.81. The molecule has 1 heterocycles. The number of thiophene rings is 1. The Balaban J connectivity index is 2.11. The highest BCUT2D eigenvalue weighted by Crippen LogP contribution is 2.32. The molecule has 2 rings (SSSR count). The van der Waals surface area contributed by atoms with Crippen LogP contribution in [0.4, 0.5) is 5.00 Å². The maximum absolute atomic E-state index is 12.7. The molecule has 0 saturated heterocycles. The Labute approximate surface area is 185 Å². The summed E-state index contributed by atoms with van der Waals surface area (Å²) >= 11 is 0.912. The van der Waals surface area contributed by atoms with Crippen LogP contribution >= 0.6 is 11.3 Å². The van der Waals surface area contributed by atoms with Crippen molar-refractivity contribution >= 4 is 34.2 Å². The maximum atomic E-state index is 12.7. The highest BCUT2D eigenvalue weighted by atomic mass is 32.1. The standard InChI is InChI=1S/C22H25N3O5S/c1-4-29-22(28)19-16(15(11-23)20(24)31-19)12-30-21(27)18(13(2)3)25-17(26)10-14-8-6-5-7-9-14/h5-9,13,18H,4,10,12,24H2,1-3H3,(H,25,26). The highest BCUT2D eigenvalue weighted by molar-refractivity contribution is 7.18. The zero-order chi connectivity index (χ0) is 23.0. The van der Waals surface area contributed by atoms with Gasteiger partial charge in [-0.1, -0.05) is 44.2 Å². The van der Waals surface area contributed by atoms with Crippen LogP contribution in [-0.4, -0.2) is 30.5 Å². The van der Waals surface area contributed by atoms with Crippen LogP contribution < -0.4 is 11.1 Å². The van der Waals surface area contributed by atoms with Crippen molar-refractivity contribution in [3.05, 3.63) is 51.9 Å². The van der Waals surface area contributed by atoms with E-state index in [4.69, 9.17) is 15.2 Å². The number of ether oxygens (including phenoxy) is 2. The van der Waals surface area contributed by atoms with Crippen LogP contribution in [0.5, 0.6) is 0 Å². The highest BCUT2D eigenvalue weighted by Gasteiger charge is 2.28. The van der Waals surface area contributed by atoms with E-state index < -0.39 is 18.0 Å².